The fraction of sp³-hybridized carbons (Fsp3) is 0.586. The van der Waals surface area contributed by atoms with Crippen LogP contribution in [0.3, 0.4) is 0 Å². The van der Waals surface area contributed by atoms with E-state index in [-0.39, 0.29) is 37.5 Å². The van der Waals surface area contributed by atoms with Crippen LogP contribution < -0.4 is 0 Å². The minimum Gasteiger partial charge on any atom is -0.465 e. The minimum absolute atomic E-state index is 0.0330. The zero-order chi connectivity index (χ0) is 30.5. The molecule has 230 valence electrons. The van der Waals surface area contributed by atoms with Crippen LogP contribution in [-0.2, 0) is 23.9 Å². The van der Waals surface area contributed by atoms with Crippen LogP contribution in [0.2, 0.25) is 0 Å². The molecular formula is C29H40N4O7S2. The van der Waals surface area contributed by atoms with E-state index in [1.165, 1.54) is 4.90 Å². The molecule has 2 amide bonds. The molecule has 1 aromatic carbocycles. The number of hydrogen-bond acceptors (Lipinski definition) is 11. The molecule has 0 N–H and O–H groups in total. The van der Waals surface area contributed by atoms with Gasteiger partial charge in [-0.3, -0.25) is 19.2 Å². The molecule has 0 saturated heterocycles. The molecule has 0 radical (unpaired) electrons. The van der Waals surface area contributed by atoms with Gasteiger partial charge in [0.25, 0.3) is 5.91 Å². The fourth-order valence-electron chi connectivity index (χ4n) is 4.49. The highest BCUT2D eigenvalue weighted by Gasteiger charge is 2.29. The highest BCUT2D eigenvalue weighted by atomic mass is 33.1. The number of ether oxygens (including phenoxy) is 2. The molecular weight excluding hydrogens is 580 g/mol. The Labute approximate surface area is 254 Å². The summed E-state index contributed by atoms with van der Waals surface area (Å²) in [5.74, 6) is 0.00257. The number of amides is 2. The second kappa shape index (κ2) is 17.2. The normalized spacial score (nSPS) is 17.3. The SMILES string of the molecule is CCCCSS/C(CCOC(=O)CCC(=O)OC1CCC(N(C)C(=O)c2ccc3nonc3c2)CC1)=C(\C)N(C)C=O. The van der Waals surface area contributed by atoms with Crippen molar-refractivity contribution in [1.29, 1.82) is 0 Å². The van der Waals surface area contributed by atoms with Crippen molar-refractivity contribution in [3.63, 3.8) is 0 Å². The van der Waals surface area contributed by atoms with Gasteiger partial charge < -0.3 is 19.3 Å². The van der Waals surface area contributed by atoms with Crippen LogP contribution in [0.15, 0.2) is 33.4 Å². The number of nitrogens with zero attached hydrogens (tertiary/aromatic N) is 4. The van der Waals surface area contributed by atoms with E-state index in [1.807, 2.05) is 6.92 Å². The molecule has 42 heavy (non-hydrogen) atoms. The first-order valence-electron chi connectivity index (χ1n) is 14.2. The molecule has 1 aliphatic carbocycles. The van der Waals surface area contributed by atoms with Gasteiger partial charge in [0.05, 0.1) is 19.4 Å². The first-order valence-corrected chi connectivity index (χ1v) is 16.6. The third-order valence-electron chi connectivity index (χ3n) is 7.27. The van der Waals surface area contributed by atoms with E-state index in [2.05, 4.69) is 17.2 Å². The van der Waals surface area contributed by atoms with Crippen molar-refractivity contribution in [1.82, 2.24) is 20.1 Å². The van der Waals surface area contributed by atoms with Crippen LogP contribution in [0.1, 0.15) is 82.0 Å². The van der Waals surface area contributed by atoms with Crippen LogP contribution in [0.25, 0.3) is 11.0 Å². The number of fused-ring (bicyclic) bond motifs is 1. The number of hydrogen-bond donors (Lipinski definition) is 0. The third-order valence-corrected chi connectivity index (χ3v) is 10.00. The molecule has 1 aromatic heterocycles. The first kappa shape index (κ1) is 33.4. The minimum atomic E-state index is -0.459. The lowest BCUT2D eigenvalue weighted by molar-refractivity contribution is -0.155. The smallest absolute Gasteiger partial charge is 0.306 e. The third kappa shape index (κ3) is 10.0. The molecule has 0 spiro atoms. The van der Waals surface area contributed by atoms with Gasteiger partial charge in [0.2, 0.25) is 6.41 Å². The summed E-state index contributed by atoms with van der Waals surface area (Å²) < 4.78 is 15.7. The van der Waals surface area contributed by atoms with Gasteiger partial charge in [0.1, 0.15) is 17.1 Å². The predicted molar refractivity (Wildman–Crippen MR) is 162 cm³/mol. The maximum atomic E-state index is 13.0. The molecule has 0 bridgehead atoms. The Bertz CT molecular complexity index is 1240. The Morgan fingerprint density at radius 1 is 1.05 bits per heavy atom. The molecule has 1 saturated carbocycles. The number of esters is 2. The predicted octanol–water partition coefficient (Wildman–Crippen LogP) is 5.36. The molecule has 1 fully saturated rings. The zero-order valence-corrected chi connectivity index (χ0v) is 26.3. The van der Waals surface area contributed by atoms with Crippen LogP contribution in [0, 0.1) is 0 Å². The molecule has 1 heterocycles. The molecule has 2 aromatic rings. The van der Waals surface area contributed by atoms with Gasteiger partial charge in [-0.25, -0.2) is 4.63 Å². The lowest BCUT2D eigenvalue weighted by Gasteiger charge is -2.34. The Balaban J connectivity index is 1.35. The second-order valence-electron chi connectivity index (χ2n) is 10.3. The molecule has 0 aliphatic heterocycles. The number of carbonyl (C=O) groups excluding carboxylic acids is 4. The molecule has 3 rings (SSSR count). The quantitative estimate of drug-likeness (QED) is 0.104. The van der Waals surface area contributed by atoms with E-state index in [9.17, 15) is 19.2 Å². The maximum absolute atomic E-state index is 13.0. The summed E-state index contributed by atoms with van der Waals surface area (Å²) in [4.78, 5) is 53.0. The van der Waals surface area contributed by atoms with E-state index in [0.29, 0.717) is 48.7 Å². The summed E-state index contributed by atoms with van der Waals surface area (Å²) >= 11 is 0. The summed E-state index contributed by atoms with van der Waals surface area (Å²) in [5.41, 5.74) is 2.47. The van der Waals surface area contributed by atoms with Crippen molar-refractivity contribution >= 4 is 56.9 Å². The summed E-state index contributed by atoms with van der Waals surface area (Å²) in [5, 5.41) is 7.56. The molecule has 11 nitrogen and oxygen atoms in total. The number of unbranched alkanes of at least 4 members (excludes halogenated alkanes) is 1. The van der Waals surface area contributed by atoms with Gasteiger partial charge in [0.15, 0.2) is 0 Å². The van der Waals surface area contributed by atoms with Crippen molar-refractivity contribution in [2.45, 2.75) is 83.8 Å². The Morgan fingerprint density at radius 2 is 1.76 bits per heavy atom. The first-order chi connectivity index (χ1) is 20.2. The number of carbonyl (C=O) groups is 4. The number of benzene rings is 1. The summed E-state index contributed by atoms with van der Waals surface area (Å²) in [6.07, 6.45) is 5.83. The van der Waals surface area contributed by atoms with Gasteiger partial charge in [-0.2, -0.15) is 0 Å². The number of rotatable bonds is 16. The molecule has 1 aliphatic rings. The lowest BCUT2D eigenvalue weighted by atomic mass is 9.91. The van der Waals surface area contributed by atoms with Gasteiger partial charge in [0, 0.05) is 48.5 Å². The average molecular weight is 621 g/mol. The Kier molecular flexibility index (Phi) is 13.7. The van der Waals surface area contributed by atoms with E-state index >= 15 is 0 Å². The van der Waals surface area contributed by atoms with Gasteiger partial charge in [-0.05, 0) is 67.5 Å². The van der Waals surface area contributed by atoms with Crippen LogP contribution in [0.4, 0.5) is 0 Å². The van der Waals surface area contributed by atoms with Crippen molar-refractivity contribution < 1.29 is 33.3 Å². The highest BCUT2D eigenvalue weighted by molar-refractivity contribution is 8.78. The largest absolute Gasteiger partial charge is 0.465 e. The van der Waals surface area contributed by atoms with Crippen molar-refractivity contribution in [3.05, 3.63) is 34.4 Å². The van der Waals surface area contributed by atoms with Gasteiger partial charge in [-0.15, -0.1) is 0 Å². The summed E-state index contributed by atoms with van der Waals surface area (Å²) in [6, 6.07) is 5.11. The van der Waals surface area contributed by atoms with E-state index in [1.54, 1.807) is 58.8 Å². The number of allylic oxidation sites excluding steroid dienone is 1. The van der Waals surface area contributed by atoms with E-state index < -0.39 is 11.9 Å². The molecule has 0 atom stereocenters. The van der Waals surface area contributed by atoms with E-state index in [4.69, 9.17) is 14.1 Å². The molecule has 0 unspecified atom stereocenters. The standard InChI is InChI=1S/C29H40N4O7S2/c1-5-6-17-41-42-26(20(2)32(3)19-34)15-16-38-27(35)13-14-28(36)39-23-10-8-22(9-11-23)33(4)29(37)21-7-12-24-25(18-21)31-40-30-24/h7,12,18-19,22-23H,5-6,8-11,13-17H2,1-4H3/b26-20+. The van der Waals surface area contributed by atoms with E-state index in [0.717, 1.165) is 35.6 Å². The monoisotopic (exact) mass is 620 g/mol. The average Bonchev–Trinajstić information content (AvgIpc) is 3.48. The topological polar surface area (TPSA) is 132 Å². The Hall–Kier alpha value is -3.06. The second-order valence-corrected chi connectivity index (χ2v) is 12.8. The number of aromatic nitrogens is 2. The lowest BCUT2D eigenvalue weighted by Crippen LogP contribution is -2.41. The van der Waals surface area contributed by atoms with Crippen molar-refractivity contribution in [3.8, 4) is 0 Å². The van der Waals surface area contributed by atoms with Crippen molar-refractivity contribution in [2.75, 3.05) is 26.5 Å². The summed E-state index contributed by atoms with van der Waals surface area (Å²) in [6.45, 7) is 4.18. The van der Waals surface area contributed by atoms with Gasteiger partial charge >= 0.3 is 11.9 Å². The van der Waals surface area contributed by atoms with Crippen molar-refractivity contribution in [2.24, 2.45) is 0 Å². The van der Waals surface area contributed by atoms with Crippen LogP contribution in [0.5, 0.6) is 0 Å². The van der Waals surface area contributed by atoms with Crippen LogP contribution >= 0.6 is 21.6 Å². The van der Waals surface area contributed by atoms with Crippen LogP contribution in [-0.4, -0.2) is 83.0 Å². The maximum Gasteiger partial charge on any atom is 0.306 e. The molecule has 13 heteroatoms. The zero-order valence-electron chi connectivity index (χ0n) is 24.7. The summed E-state index contributed by atoms with van der Waals surface area (Å²) in [7, 11) is 6.80. The fourth-order valence-corrected chi connectivity index (χ4v) is 7.19. The Morgan fingerprint density at radius 3 is 2.48 bits per heavy atom. The highest BCUT2D eigenvalue weighted by Crippen LogP contribution is 2.35. The van der Waals surface area contributed by atoms with Gasteiger partial charge in [-0.1, -0.05) is 34.9 Å².